The van der Waals surface area contributed by atoms with Crippen LogP contribution in [0.4, 0.5) is 10.5 Å². The maximum absolute atomic E-state index is 11.5. The number of carbonyl (C=O) groups is 1. The normalized spacial score (nSPS) is 18.2. The third-order valence-electron chi connectivity index (χ3n) is 3.27. The van der Waals surface area contributed by atoms with E-state index in [1.807, 2.05) is 0 Å². The highest BCUT2D eigenvalue weighted by atomic mass is 35.5. The Hall–Kier alpha value is -1.25. The van der Waals surface area contributed by atoms with Gasteiger partial charge in [0.15, 0.2) is 5.15 Å². The highest BCUT2D eigenvalue weighted by Gasteiger charge is 2.31. The summed E-state index contributed by atoms with van der Waals surface area (Å²) in [5.41, 5.74) is 0.150. The summed E-state index contributed by atoms with van der Waals surface area (Å²) in [4.78, 5) is 16.2. The minimum absolute atomic E-state index is 0.00141. The number of likely N-dealkylation sites (tertiary alicyclic amines) is 1. The molecule has 0 aromatic carbocycles. The summed E-state index contributed by atoms with van der Waals surface area (Å²) in [7, 11) is -2.99. The van der Waals surface area contributed by atoms with Crippen LogP contribution < -0.4 is 4.31 Å². The van der Waals surface area contributed by atoms with Crippen molar-refractivity contribution in [2.75, 3.05) is 17.4 Å². The van der Waals surface area contributed by atoms with E-state index in [1.54, 1.807) is 0 Å². The molecule has 7 nitrogen and oxygen atoms in total. The van der Waals surface area contributed by atoms with Crippen LogP contribution in [0.3, 0.4) is 0 Å². The minimum Gasteiger partial charge on any atom is -0.465 e. The molecule has 2 heterocycles. The average Bonchev–Trinajstić information content (AvgIpc) is 2.87. The Morgan fingerprint density at radius 2 is 2.24 bits per heavy atom. The lowest BCUT2D eigenvalue weighted by molar-refractivity contribution is 0.141. The molecule has 1 saturated heterocycles. The first-order valence-corrected chi connectivity index (χ1v) is 8.01. The van der Waals surface area contributed by atoms with Gasteiger partial charge in [0.1, 0.15) is 0 Å². The summed E-state index contributed by atoms with van der Waals surface area (Å²) < 4.78 is 24.0. The molecule has 0 saturated carbocycles. The van der Waals surface area contributed by atoms with Gasteiger partial charge in [-0.05, 0) is 18.9 Å². The van der Waals surface area contributed by atoms with Gasteiger partial charge in [0.05, 0.1) is 23.3 Å². The first kappa shape index (κ1) is 16.1. The number of halogens is 2. The molecule has 1 fully saturated rings. The highest BCUT2D eigenvalue weighted by Crippen LogP contribution is 2.29. The van der Waals surface area contributed by atoms with Gasteiger partial charge >= 0.3 is 6.09 Å². The van der Waals surface area contributed by atoms with Crippen molar-refractivity contribution in [1.29, 1.82) is 0 Å². The number of aromatic nitrogens is 1. The van der Waals surface area contributed by atoms with E-state index in [-0.39, 0.29) is 22.4 Å². The molecule has 116 valence electrons. The first-order chi connectivity index (χ1) is 9.90. The Balaban J connectivity index is 2.28. The molecule has 10 heteroatoms. The number of pyridine rings is 1. The summed E-state index contributed by atoms with van der Waals surface area (Å²) in [5.74, 6) is 0. The van der Waals surface area contributed by atoms with Crippen LogP contribution in [0.25, 0.3) is 0 Å². The second-order valence-corrected chi connectivity index (χ2v) is 6.31. The molecule has 0 aliphatic carbocycles. The largest absolute Gasteiger partial charge is 0.465 e. The number of hydrogen-bond acceptors (Lipinski definition) is 4. The van der Waals surface area contributed by atoms with Crippen molar-refractivity contribution in [1.82, 2.24) is 9.88 Å². The van der Waals surface area contributed by atoms with Gasteiger partial charge in [-0.15, -0.1) is 0 Å². The lowest BCUT2D eigenvalue weighted by Crippen LogP contribution is -2.42. The van der Waals surface area contributed by atoms with Crippen LogP contribution in [-0.2, 0) is 10.9 Å². The topological polar surface area (TPSA) is 90.8 Å². The molecule has 1 N–H and O–H groups in total. The third kappa shape index (κ3) is 3.69. The van der Waals surface area contributed by atoms with Gasteiger partial charge in [-0.1, -0.05) is 23.2 Å². The number of thiol groups is 1. The molecule has 2 rings (SSSR count). The van der Waals surface area contributed by atoms with Crippen molar-refractivity contribution in [2.45, 2.75) is 18.9 Å². The molecular weight excluding hydrogens is 341 g/mol. The molecule has 1 aliphatic heterocycles. The Morgan fingerprint density at radius 3 is 2.86 bits per heavy atom. The predicted octanol–water partition coefficient (Wildman–Crippen LogP) is 1.86. The lowest BCUT2D eigenvalue weighted by atomic mass is 10.2. The number of carboxylic acid groups (broad SMARTS) is 1. The first-order valence-electron chi connectivity index (χ1n) is 6.12. The van der Waals surface area contributed by atoms with Crippen LogP contribution in [-0.4, -0.2) is 48.6 Å². The van der Waals surface area contributed by atoms with Crippen LogP contribution >= 0.6 is 23.2 Å². The number of hydrogen-bond donors (Lipinski definition) is 2. The van der Waals surface area contributed by atoms with Crippen molar-refractivity contribution >= 4 is 45.9 Å². The smallest absolute Gasteiger partial charge is 0.407 e. The fourth-order valence-electron chi connectivity index (χ4n) is 2.32. The lowest BCUT2D eigenvalue weighted by Gasteiger charge is -2.27. The van der Waals surface area contributed by atoms with Crippen LogP contribution in [0.5, 0.6) is 0 Å². The van der Waals surface area contributed by atoms with Gasteiger partial charge in [-0.25, -0.2) is 18.2 Å². The van der Waals surface area contributed by atoms with Crippen LogP contribution in [0.1, 0.15) is 12.8 Å². The van der Waals surface area contributed by atoms with E-state index in [1.165, 1.54) is 17.2 Å². The summed E-state index contributed by atoms with van der Waals surface area (Å²) in [6.07, 6.45) is 1.54. The van der Waals surface area contributed by atoms with E-state index in [2.05, 4.69) is 4.98 Å². The van der Waals surface area contributed by atoms with Crippen LogP contribution in [0.2, 0.25) is 10.2 Å². The molecule has 0 radical (unpaired) electrons. The van der Waals surface area contributed by atoms with E-state index in [0.29, 0.717) is 19.4 Å². The highest BCUT2D eigenvalue weighted by molar-refractivity contribution is 7.74. The van der Waals surface area contributed by atoms with Crippen molar-refractivity contribution in [3.63, 3.8) is 0 Å². The van der Waals surface area contributed by atoms with Gasteiger partial charge in [0.2, 0.25) is 10.9 Å². The number of rotatable bonds is 4. The number of nitrogens with zero attached hydrogens (tertiary/aromatic N) is 3. The van der Waals surface area contributed by atoms with E-state index in [9.17, 15) is 13.2 Å². The van der Waals surface area contributed by atoms with E-state index in [0.717, 1.165) is 4.31 Å². The Bertz CT molecular complexity index is 617. The Kier molecular flexibility index (Phi) is 5.13. The molecule has 1 atom stereocenters. The minimum atomic E-state index is -2.99. The van der Waals surface area contributed by atoms with Crippen molar-refractivity contribution in [3.05, 3.63) is 22.4 Å². The molecular formula is C11H13Cl2N3O4S. The van der Waals surface area contributed by atoms with Crippen molar-refractivity contribution in [3.8, 4) is 0 Å². The molecule has 1 aliphatic rings. The summed E-state index contributed by atoms with van der Waals surface area (Å²) >= 11 is 11.7. The zero-order chi connectivity index (χ0) is 15.6. The van der Waals surface area contributed by atoms with Gasteiger partial charge in [0, 0.05) is 12.7 Å². The van der Waals surface area contributed by atoms with E-state index >= 15 is 0 Å². The fraction of sp³-hybridized carbons (Fsp3) is 0.455. The monoisotopic (exact) mass is 353 g/mol. The second-order valence-electron chi connectivity index (χ2n) is 4.56. The van der Waals surface area contributed by atoms with Gasteiger partial charge in [0.25, 0.3) is 0 Å². The maximum Gasteiger partial charge on any atom is 0.407 e. The van der Waals surface area contributed by atoms with Crippen molar-refractivity contribution < 1.29 is 18.3 Å². The van der Waals surface area contributed by atoms with E-state index < -0.39 is 23.0 Å². The Labute approximate surface area is 133 Å². The van der Waals surface area contributed by atoms with Gasteiger partial charge in [-0.2, -0.15) is 0 Å². The van der Waals surface area contributed by atoms with Gasteiger partial charge in [-0.3, -0.25) is 4.31 Å². The summed E-state index contributed by atoms with van der Waals surface area (Å²) in [6, 6.07) is 0.979. The zero-order valence-corrected chi connectivity index (χ0v) is 13.2. The SMILES string of the molecule is O=C(O)N1CCC[C@H]1CN(c1cc(Cl)cnc1Cl)[SH](=O)=O. The number of amides is 1. The van der Waals surface area contributed by atoms with E-state index in [4.69, 9.17) is 28.3 Å². The Morgan fingerprint density at radius 1 is 1.52 bits per heavy atom. The zero-order valence-electron chi connectivity index (χ0n) is 10.8. The molecule has 1 aromatic rings. The van der Waals surface area contributed by atoms with Crippen LogP contribution in [0.15, 0.2) is 12.3 Å². The average molecular weight is 354 g/mol. The summed E-state index contributed by atoms with van der Waals surface area (Å²) in [5, 5.41) is 9.35. The van der Waals surface area contributed by atoms with Crippen molar-refractivity contribution in [2.24, 2.45) is 0 Å². The number of anilines is 1. The van der Waals surface area contributed by atoms with Crippen LogP contribution in [0, 0.1) is 0 Å². The molecule has 0 spiro atoms. The quantitative estimate of drug-likeness (QED) is 0.636. The van der Waals surface area contributed by atoms with Gasteiger partial charge < -0.3 is 10.0 Å². The predicted molar refractivity (Wildman–Crippen MR) is 79.7 cm³/mol. The molecule has 1 aromatic heterocycles. The standard InChI is InChI=1S/C11H13Cl2N3O4S/c12-7-4-9(10(13)14-5-7)16(21(19)20)6-8-2-1-3-15(8)11(17)18/h4-5,8,21H,1-3,6H2,(H,17,18)/t8-/m0/s1. The maximum atomic E-state index is 11.5. The second kappa shape index (κ2) is 6.67. The summed E-state index contributed by atoms with van der Waals surface area (Å²) in [6.45, 7) is 0.387. The molecule has 0 unspecified atom stereocenters. The third-order valence-corrected chi connectivity index (χ3v) is 4.54. The molecule has 1 amide bonds. The molecule has 21 heavy (non-hydrogen) atoms. The molecule has 0 bridgehead atoms. The fourth-order valence-corrected chi connectivity index (χ4v) is 3.39.